The van der Waals surface area contributed by atoms with Gasteiger partial charge in [-0.05, 0) is 42.3 Å². The molecule has 3 aromatic rings. The van der Waals surface area contributed by atoms with Crippen molar-refractivity contribution in [1.82, 2.24) is 4.98 Å². The summed E-state index contributed by atoms with van der Waals surface area (Å²) in [6, 6.07) is 13.4. The van der Waals surface area contributed by atoms with Gasteiger partial charge in [0.2, 0.25) is 0 Å². The smallest absolute Gasteiger partial charge is 0.257 e. The Kier molecular flexibility index (Phi) is 3.36. The van der Waals surface area contributed by atoms with Crippen LogP contribution in [0.2, 0.25) is 0 Å². The number of rotatable bonds is 3. The summed E-state index contributed by atoms with van der Waals surface area (Å²) in [6.07, 6.45) is 2.65. The number of benzene rings is 2. The lowest BCUT2D eigenvalue weighted by Crippen LogP contribution is -2.11. The number of fused-ring (bicyclic) bond motifs is 1. The number of aryl methyl sites for hydroxylation is 1. The lowest BCUT2D eigenvalue weighted by molar-refractivity contribution is 0.102. The van der Waals surface area contributed by atoms with Crippen LogP contribution in [0.1, 0.15) is 22.8 Å². The highest BCUT2D eigenvalue weighted by Crippen LogP contribution is 2.22. The van der Waals surface area contributed by atoms with Crippen molar-refractivity contribution < 1.29 is 4.79 Å². The number of anilines is 2. The Bertz CT molecular complexity index is 805. The van der Waals surface area contributed by atoms with Crippen molar-refractivity contribution in [2.75, 3.05) is 11.1 Å². The van der Waals surface area contributed by atoms with Crippen molar-refractivity contribution in [3.8, 4) is 0 Å². The maximum atomic E-state index is 12.4. The first kappa shape index (κ1) is 13.2. The fourth-order valence-corrected chi connectivity index (χ4v) is 2.40. The zero-order chi connectivity index (χ0) is 14.8. The highest BCUT2D eigenvalue weighted by Gasteiger charge is 2.12. The molecule has 0 aliphatic carbocycles. The average molecular weight is 279 g/mol. The standard InChI is InChI=1S/C17H17N3O/c1-2-11-4-3-5-13(8-11)20-17(21)15-10-19-16-9-12(18)6-7-14(15)16/h3-10,19H,2,18H2,1H3,(H,20,21). The van der Waals surface area contributed by atoms with Crippen LogP contribution in [0.25, 0.3) is 10.9 Å². The maximum absolute atomic E-state index is 12.4. The molecule has 106 valence electrons. The molecule has 21 heavy (non-hydrogen) atoms. The number of H-pyrrole nitrogens is 1. The zero-order valence-electron chi connectivity index (χ0n) is 11.8. The summed E-state index contributed by atoms with van der Waals surface area (Å²) in [5.41, 5.74) is 9.90. The van der Waals surface area contributed by atoms with Crippen LogP contribution in [0.5, 0.6) is 0 Å². The lowest BCUT2D eigenvalue weighted by Gasteiger charge is -2.06. The van der Waals surface area contributed by atoms with E-state index in [1.807, 2.05) is 36.4 Å². The Morgan fingerprint density at radius 3 is 2.90 bits per heavy atom. The van der Waals surface area contributed by atoms with Gasteiger partial charge in [-0.1, -0.05) is 19.1 Å². The van der Waals surface area contributed by atoms with Crippen LogP contribution < -0.4 is 11.1 Å². The largest absolute Gasteiger partial charge is 0.399 e. The van der Waals surface area contributed by atoms with Crippen molar-refractivity contribution in [1.29, 1.82) is 0 Å². The van der Waals surface area contributed by atoms with Crippen LogP contribution in [0.4, 0.5) is 11.4 Å². The van der Waals surface area contributed by atoms with Gasteiger partial charge in [0.15, 0.2) is 0 Å². The SMILES string of the molecule is CCc1cccc(NC(=O)c2c[nH]c3cc(N)ccc23)c1. The molecule has 0 spiro atoms. The topological polar surface area (TPSA) is 70.9 Å². The van der Waals surface area contributed by atoms with Gasteiger partial charge in [-0.15, -0.1) is 0 Å². The molecule has 4 heteroatoms. The van der Waals surface area contributed by atoms with Gasteiger partial charge in [0.25, 0.3) is 5.91 Å². The number of hydrogen-bond donors (Lipinski definition) is 3. The summed E-state index contributed by atoms with van der Waals surface area (Å²) in [5, 5.41) is 3.80. The first-order valence-corrected chi connectivity index (χ1v) is 6.94. The summed E-state index contributed by atoms with van der Waals surface area (Å²) in [7, 11) is 0. The summed E-state index contributed by atoms with van der Waals surface area (Å²) in [6.45, 7) is 2.09. The van der Waals surface area contributed by atoms with Gasteiger partial charge in [0.05, 0.1) is 5.56 Å². The molecule has 1 heterocycles. The van der Waals surface area contributed by atoms with E-state index >= 15 is 0 Å². The van der Waals surface area contributed by atoms with Gasteiger partial charge in [-0.25, -0.2) is 0 Å². The molecule has 0 radical (unpaired) electrons. The highest BCUT2D eigenvalue weighted by molar-refractivity contribution is 6.13. The Morgan fingerprint density at radius 2 is 2.10 bits per heavy atom. The third kappa shape index (κ3) is 2.60. The van der Waals surface area contributed by atoms with Crippen molar-refractivity contribution in [3.05, 3.63) is 59.8 Å². The molecular formula is C17H17N3O. The predicted molar refractivity (Wildman–Crippen MR) is 86.5 cm³/mol. The molecule has 0 aliphatic heterocycles. The van der Waals surface area contributed by atoms with Crippen LogP contribution in [-0.4, -0.2) is 10.9 Å². The van der Waals surface area contributed by atoms with E-state index in [1.165, 1.54) is 5.56 Å². The van der Waals surface area contributed by atoms with Crippen molar-refractivity contribution in [2.45, 2.75) is 13.3 Å². The molecule has 3 rings (SSSR count). The van der Waals surface area contributed by atoms with E-state index in [0.29, 0.717) is 11.3 Å². The molecule has 0 saturated heterocycles. The molecule has 0 aliphatic rings. The van der Waals surface area contributed by atoms with E-state index in [4.69, 9.17) is 5.73 Å². The molecule has 4 nitrogen and oxygen atoms in total. The van der Waals surface area contributed by atoms with E-state index < -0.39 is 0 Å². The summed E-state index contributed by atoms with van der Waals surface area (Å²) >= 11 is 0. The van der Waals surface area contributed by atoms with Gasteiger partial charge >= 0.3 is 0 Å². The van der Waals surface area contributed by atoms with Crippen molar-refractivity contribution >= 4 is 28.2 Å². The molecule has 0 saturated carbocycles. The highest BCUT2D eigenvalue weighted by atomic mass is 16.1. The first-order chi connectivity index (χ1) is 10.2. The minimum absolute atomic E-state index is 0.126. The Morgan fingerprint density at radius 1 is 1.24 bits per heavy atom. The van der Waals surface area contributed by atoms with E-state index in [9.17, 15) is 4.79 Å². The van der Waals surface area contributed by atoms with Gasteiger partial charge in [0.1, 0.15) is 0 Å². The first-order valence-electron chi connectivity index (χ1n) is 6.94. The van der Waals surface area contributed by atoms with E-state index in [0.717, 1.165) is 23.0 Å². The molecule has 0 fully saturated rings. The second-order valence-electron chi connectivity index (χ2n) is 5.02. The molecule has 4 N–H and O–H groups in total. The number of nitrogen functional groups attached to an aromatic ring is 1. The zero-order valence-corrected chi connectivity index (χ0v) is 11.8. The Hall–Kier alpha value is -2.75. The van der Waals surface area contributed by atoms with Crippen LogP contribution in [-0.2, 0) is 6.42 Å². The lowest BCUT2D eigenvalue weighted by atomic mass is 10.1. The normalized spacial score (nSPS) is 10.7. The third-order valence-corrected chi connectivity index (χ3v) is 3.54. The summed E-state index contributed by atoms with van der Waals surface area (Å²) in [4.78, 5) is 15.5. The molecule has 1 aromatic heterocycles. The number of aromatic nitrogens is 1. The average Bonchev–Trinajstić information content (AvgIpc) is 2.90. The van der Waals surface area contributed by atoms with Gasteiger partial charge in [-0.3, -0.25) is 4.79 Å². The number of nitrogens with one attached hydrogen (secondary N) is 2. The van der Waals surface area contributed by atoms with Crippen LogP contribution in [0.15, 0.2) is 48.7 Å². The minimum atomic E-state index is -0.126. The number of carbonyl (C=O) groups excluding carboxylic acids is 1. The van der Waals surface area contributed by atoms with Crippen LogP contribution in [0.3, 0.4) is 0 Å². The second kappa shape index (κ2) is 5.32. The fraction of sp³-hybridized carbons (Fsp3) is 0.118. The van der Waals surface area contributed by atoms with Gasteiger partial charge in [-0.2, -0.15) is 0 Å². The monoisotopic (exact) mass is 279 g/mol. The molecule has 1 amide bonds. The van der Waals surface area contributed by atoms with Gasteiger partial charge in [0, 0.05) is 28.5 Å². The molecular weight excluding hydrogens is 262 g/mol. The van der Waals surface area contributed by atoms with E-state index in [2.05, 4.69) is 17.2 Å². The summed E-state index contributed by atoms with van der Waals surface area (Å²) in [5.74, 6) is -0.126. The number of amides is 1. The molecule has 2 aromatic carbocycles. The van der Waals surface area contributed by atoms with E-state index in [-0.39, 0.29) is 5.91 Å². The molecule has 0 bridgehead atoms. The third-order valence-electron chi connectivity index (χ3n) is 3.54. The molecule has 0 unspecified atom stereocenters. The maximum Gasteiger partial charge on any atom is 0.257 e. The number of carbonyl (C=O) groups is 1. The van der Waals surface area contributed by atoms with Crippen LogP contribution in [0, 0.1) is 0 Å². The predicted octanol–water partition coefficient (Wildman–Crippen LogP) is 3.56. The Balaban J connectivity index is 1.90. The second-order valence-corrected chi connectivity index (χ2v) is 5.02. The number of hydrogen-bond acceptors (Lipinski definition) is 2. The fourth-order valence-electron chi connectivity index (χ4n) is 2.40. The number of aromatic amines is 1. The summed E-state index contributed by atoms with van der Waals surface area (Å²) < 4.78 is 0. The van der Waals surface area contributed by atoms with Crippen molar-refractivity contribution in [2.24, 2.45) is 0 Å². The number of nitrogens with two attached hydrogens (primary N) is 1. The van der Waals surface area contributed by atoms with Crippen molar-refractivity contribution in [3.63, 3.8) is 0 Å². The molecule has 0 atom stereocenters. The quantitative estimate of drug-likeness (QED) is 0.641. The van der Waals surface area contributed by atoms with E-state index in [1.54, 1.807) is 12.3 Å². The minimum Gasteiger partial charge on any atom is -0.399 e. The Labute approximate surface area is 123 Å². The van der Waals surface area contributed by atoms with Crippen LogP contribution >= 0.6 is 0 Å². The van der Waals surface area contributed by atoms with Gasteiger partial charge < -0.3 is 16.0 Å².